The second-order valence-corrected chi connectivity index (χ2v) is 7.99. The molecule has 1 aliphatic heterocycles. The summed E-state index contributed by atoms with van der Waals surface area (Å²) >= 11 is 0. The van der Waals surface area contributed by atoms with Crippen molar-refractivity contribution in [3.63, 3.8) is 0 Å². The summed E-state index contributed by atoms with van der Waals surface area (Å²) in [6, 6.07) is 14.5. The van der Waals surface area contributed by atoms with E-state index in [-0.39, 0.29) is 17.1 Å². The van der Waals surface area contributed by atoms with Gasteiger partial charge in [0, 0.05) is 6.21 Å². The van der Waals surface area contributed by atoms with Gasteiger partial charge >= 0.3 is 6.18 Å². The zero-order valence-electron chi connectivity index (χ0n) is 17.4. The Morgan fingerprint density at radius 2 is 1.75 bits per heavy atom. The molecule has 1 N–H and O–H groups in total. The maximum Gasteiger partial charge on any atom is 0.424 e. The molecule has 2 unspecified atom stereocenters. The SMILES string of the molecule is Bc1ccc(OCC(O)(c2ccc3c(c2)C=NC3c2ccc(F)cc2)C(F)(F)F)c(C)c1. The monoisotopic (exact) mass is 441 g/mol. The highest BCUT2D eigenvalue weighted by Gasteiger charge is 2.56. The molecule has 32 heavy (non-hydrogen) atoms. The Morgan fingerprint density at radius 3 is 2.41 bits per heavy atom. The van der Waals surface area contributed by atoms with Crippen LogP contribution in [0.3, 0.4) is 0 Å². The van der Waals surface area contributed by atoms with Crippen LogP contribution in [-0.4, -0.2) is 32.0 Å². The van der Waals surface area contributed by atoms with Crippen LogP contribution in [0.15, 0.2) is 65.7 Å². The predicted molar refractivity (Wildman–Crippen MR) is 117 cm³/mol. The van der Waals surface area contributed by atoms with Gasteiger partial charge in [-0.15, -0.1) is 0 Å². The van der Waals surface area contributed by atoms with E-state index in [2.05, 4.69) is 4.99 Å². The molecule has 0 saturated carbocycles. The molecule has 3 nitrogen and oxygen atoms in total. The number of aryl methyl sites for hydroxylation is 1. The van der Waals surface area contributed by atoms with Crippen molar-refractivity contribution in [1.29, 1.82) is 0 Å². The van der Waals surface area contributed by atoms with E-state index in [9.17, 15) is 22.7 Å². The van der Waals surface area contributed by atoms with Gasteiger partial charge in [-0.3, -0.25) is 4.99 Å². The Labute approximate surface area is 183 Å². The van der Waals surface area contributed by atoms with E-state index in [0.29, 0.717) is 16.7 Å². The second kappa shape index (κ2) is 8.09. The van der Waals surface area contributed by atoms with Crippen LogP contribution >= 0.6 is 0 Å². The van der Waals surface area contributed by atoms with Gasteiger partial charge in [0.25, 0.3) is 0 Å². The van der Waals surface area contributed by atoms with E-state index in [1.54, 1.807) is 37.3 Å². The van der Waals surface area contributed by atoms with Crippen molar-refractivity contribution >= 4 is 19.5 Å². The lowest BCUT2D eigenvalue weighted by Crippen LogP contribution is -2.47. The number of ether oxygens (including phenoxy) is 1. The molecule has 3 aromatic rings. The molecule has 0 spiro atoms. The summed E-state index contributed by atoms with van der Waals surface area (Å²) in [5.41, 5.74) is -0.0436. The Hall–Kier alpha value is -3.13. The summed E-state index contributed by atoms with van der Waals surface area (Å²) in [5, 5.41) is 10.7. The average Bonchev–Trinajstić information content (AvgIpc) is 3.16. The molecule has 4 rings (SSSR count). The maximum absolute atomic E-state index is 14.0. The molecule has 0 amide bonds. The van der Waals surface area contributed by atoms with Crippen LogP contribution in [0.25, 0.3) is 0 Å². The second-order valence-electron chi connectivity index (χ2n) is 7.99. The van der Waals surface area contributed by atoms with Crippen LogP contribution in [0.5, 0.6) is 5.75 Å². The van der Waals surface area contributed by atoms with E-state index < -0.39 is 24.4 Å². The van der Waals surface area contributed by atoms with Crippen molar-refractivity contribution < 1.29 is 27.4 Å². The molecule has 2 atom stereocenters. The van der Waals surface area contributed by atoms with Crippen molar-refractivity contribution in [2.24, 2.45) is 4.99 Å². The fraction of sp³-hybridized carbons (Fsp3) is 0.208. The minimum atomic E-state index is -4.97. The molecule has 0 fully saturated rings. The van der Waals surface area contributed by atoms with E-state index in [4.69, 9.17) is 4.74 Å². The summed E-state index contributed by atoms with van der Waals surface area (Å²) in [6.45, 7) is 0.744. The van der Waals surface area contributed by atoms with Gasteiger partial charge in [-0.2, -0.15) is 13.2 Å². The third-order valence-corrected chi connectivity index (χ3v) is 5.64. The van der Waals surface area contributed by atoms with Crippen LogP contribution in [0.2, 0.25) is 0 Å². The Balaban J connectivity index is 1.65. The van der Waals surface area contributed by atoms with Crippen LogP contribution in [-0.2, 0) is 5.60 Å². The molecule has 164 valence electrons. The molecule has 0 radical (unpaired) electrons. The molecule has 3 aromatic carbocycles. The number of alkyl halides is 3. The van der Waals surface area contributed by atoms with Gasteiger partial charge in [-0.1, -0.05) is 41.9 Å². The van der Waals surface area contributed by atoms with E-state index in [1.807, 2.05) is 7.85 Å². The first-order valence-electron chi connectivity index (χ1n) is 10.0. The van der Waals surface area contributed by atoms with Gasteiger partial charge in [0.1, 0.15) is 32.1 Å². The highest BCUT2D eigenvalue weighted by molar-refractivity contribution is 6.32. The van der Waals surface area contributed by atoms with Crippen LogP contribution in [0.4, 0.5) is 17.6 Å². The van der Waals surface area contributed by atoms with Crippen molar-refractivity contribution in [2.75, 3.05) is 6.61 Å². The molecule has 0 aromatic heterocycles. The van der Waals surface area contributed by atoms with Crippen molar-refractivity contribution in [2.45, 2.75) is 24.7 Å². The normalized spacial score (nSPS) is 17.1. The zero-order chi connectivity index (χ0) is 23.1. The summed E-state index contributed by atoms with van der Waals surface area (Å²) in [7, 11) is 1.87. The summed E-state index contributed by atoms with van der Waals surface area (Å²) < 4.78 is 60.6. The van der Waals surface area contributed by atoms with Gasteiger partial charge in [0.2, 0.25) is 5.60 Å². The lowest BCUT2D eigenvalue weighted by Gasteiger charge is -2.31. The Bertz CT molecular complexity index is 1180. The number of hydrogen-bond donors (Lipinski definition) is 1. The summed E-state index contributed by atoms with van der Waals surface area (Å²) in [6.07, 6.45) is -3.50. The van der Waals surface area contributed by atoms with Crippen LogP contribution in [0, 0.1) is 12.7 Å². The number of aliphatic imine (C=N–C) groups is 1. The smallest absolute Gasteiger partial charge is 0.424 e. The van der Waals surface area contributed by atoms with E-state index in [1.165, 1.54) is 36.5 Å². The minimum absolute atomic E-state index is 0.275. The Morgan fingerprint density at radius 1 is 1.03 bits per heavy atom. The molecular formula is C24H20BF4NO2. The van der Waals surface area contributed by atoms with Gasteiger partial charge < -0.3 is 9.84 Å². The van der Waals surface area contributed by atoms with Crippen molar-refractivity contribution in [3.05, 3.63) is 94.3 Å². The first-order valence-corrected chi connectivity index (χ1v) is 10.0. The molecule has 0 bridgehead atoms. The molecule has 1 heterocycles. The largest absolute Gasteiger partial charge is 0.490 e. The van der Waals surface area contributed by atoms with Gasteiger partial charge in [-0.05, 0) is 59.0 Å². The third kappa shape index (κ3) is 4.02. The molecule has 0 aliphatic carbocycles. The molecule has 1 aliphatic rings. The average molecular weight is 441 g/mol. The summed E-state index contributed by atoms with van der Waals surface area (Å²) in [5.74, 6) is -0.109. The van der Waals surface area contributed by atoms with Crippen molar-refractivity contribution in [1.82, 2.24) is 0 Å². The van der Waals surface area contributed by atoms with Crippen LogP contribution in [0.1, 0.15) is 33.9 Å². The van der Waals surface area contributed by atoms with E-state index >= 15 is 0 Å². The predicted octanol–water partition coefficient (Wildman–Crippen LogP) is 3.74. The first kappa shape index (κ1) is 22.1. The number of benzene rings is 3. The number of fused-ring (bicyclic) bond motifs is 1. The lowest BCUT2D eigenvalue weighted by atomic mass is 9.89. The van der Waals surface area contributed by atoms with Crippen molar-refractivity contribution in [3.8, 4) is 5.75 Å². The number of rotatable bonds is 5. The summed E-state index contributed by atoms with van der Waals surface area (Å²) in [4.78, 5) is 4.36. The number of hydrogen-bond acceptors (Lipinski definition) is 3. The molecule has 8 heteroatoms. The quantitative estimate of drug-likeness (QED) is 0.484. The highest BCUT2D eigenvalue weighted by atomic mass is 19.4. The fourth-order valence-electron chi connectivity index (χ4n) is 3.81. The lowest BCUT2D eigenvalue weighted by molar-refractivity contribution is -0.275. The van der Waals surface area contributed by atoms with Gasteiger partial charge in [0.05, 0.1) is 0 Å². The first-order chi connectivity index (χ1) is 15.1. The topological polar surface area (TPSA) is 41.8 Å². The zero-order valence-corrected chi connectivity index (χ0v) is 17.4. The molecule has 0 saturated heterocycles. The number of aliphatic hydroxyl groups is 1. The minimum Gasteiger partial charge on any atom is -0.490 e. The standard InChI is InChI=1S/C24H20BF4NO2/c1-14-10-18(25)5-9-21(14)32-13-23(31,24(27,28)29)17-4-8-20-16(11-17)12-30-22(20)15-2-6-19(26)7-3-15/h2-12,22,31H,13,25H2,1H3. The third-order valence-electron chi connectivity index (χ3n) is 5.64. The highest BCUT2D eigenvalue weighted by Crippen LogP contribution is 2.42. The number of halogens is 4. The van der Waals surface area contributed by atoms with E-state index in [0.717, 1.165) is 11.0 Å². The fourth-order valence-corrected chi connectivity index (χ4v) is 3.81. The Kier molecular flexibility index (Phi) is 5.59. The van der Waals surface area contributed by atoms with Crippen LogP contribution < -0.4 is 10.2 Å². The van der Waals surface area contributed by atoms with Gasteiger partial charge in [-0.25, -0.2) is 4.39 Å². The maximum atomic E-state index is 14.0. The van der Waals surface area contributed by atoms with Gasteiger partial charge in [0.15, 0.2) is 0 Å². The number of nitrogens with zero attached hydrogens (tertiary/aromatic N) is 1. The molecular weight excluding hydrogens is 421 g/mol.